The molecule has 22 heavy (non-hydrogen) atoms. The molecule has 1 fully saturated rings. The molecule has 1 aromatic rings. The van der Waals surface area contributed by atoms with E-state index in [0.29, 0.717) is 18.0 Å². The van der Waals surface area contributed by atoms with Crippen LogP contribution in [-0.2, 0) is 4.79 Å². The van der Waals surface area contributed by atoms with Crippen LogP contribution in [-0.4, -0.2) is 27.3 Å². The summed E-state index contributed by atoms with van der Waals surface area (Å²) in [5.74, 6) is 0.424. The maximum atomic E-state index is 12.1. The van der Waals surface area contributed by atoms with Crippen molar-refractivity contribution in [3.63, 3.8) is 0 Å². The minimum atomic E-state index is -0.524. The van der Waals surface area contributed by atoms with Gasteiger partial charge in [0.2, 0.25) is 5.78 Å². The molecule has 1 aliphatic heterocycles. The quantitative estimate of drug-likeness (QED) is 0.339. The van der Waals surface area contributed by atoms with Gasteiger partial charge in [-0.15, -0.1) is 11.8 Å². The zero-order valence-corrected chi connectivity index (χ0v) is 14.0. The van der Waals surface area contributed by atoms with Crippen molar-refractivity contribution in [3.05, 3.63) is 51.2 Å². The summed E-state index contributed by atoms with van der Waals surface area (Å²) in [5.41, 5.74) is -0.255. The lowest BCUT2D eigenvalue weighted by Gasteiger charge is -2.28. The Morgan fingerprint density at radius 2 is 2.14 bits per heavy atom. The van der Waals surface area contributed by atoms with Crippen LogP contribution in [0.3, 0.4) is 0 Å². The molecule has 118 valence electrons. The van der Waals surface area contributed by atoms with Crippen LogP contribution in [0.25, 0.3) is 0 Å². The first-order valence-electron chi connectivity index (χ1n) is 7.18. The first-order valence-corrected chi connectivity index (χ1v) is 8.94. The summed E-state index contributed by atoms with van der Waals surface area (Å²) < 4.78 is 1.88. The summed E-state index contributed by atoms with van der Waals surface area (Å²) in [6.07, 6.45) is 1.77. The number of allylic oxidation sites excluding steroid dienone is 1. The lowest BCUT2D eigenvalue weighted by molar-refractivity contribution is -0.420. The molecule has 1 aliphatic rings. The second kappa shape index (κ2) is 8.24. The van der Waals surface area contributed by atoms with E-state index < -0.39 is 4.92 Å². The van der Waals surface area contributed by atoms with Crippen molar-refractivity contribution in [2.24, 2.45) is 0 Å². The molecule has 0 aromatic heterocycles. The topological polar surface area (TPSA) is 63.5 Å². The molecule has 0 radical (unpaired) electrons. The number of hydrogen-bond donors (Lipinski definition) is 0. The first kappa shape index (κ1) is 16.9. The molecule has 5 nitrogen and oxygen atoms in total. The van der Waals surface area contributed by atoms with Gasteiger partial charge in [-0.3, -0.25) is 14.9 Å². The molecule has 0 aliphatic carbocycles. The van der Waals surface area contributed by atoms with Crippen LogP contribution >= 0.6 is 23.7 Å². The average Bonchev–Trinajstić information content (AvgIpc) is 2.50. The van der Waals surface area contributed by atoms with Crippen molar-refractivity contribution in [2.45, 2.75) is 31.1 Å². The highest BCUT2D eigenvalue weighted by Crippen LogP contribution is 2.38. The Bertz CT molecular complexity index is 575. The average molecular weight is 338 g/mol. The fourth-order valence-corrected chi connectivity index (χ4v) is 4.30. The summed E-state index contributed by atoms with van der Waals surface area (Å²) in [6.45, 7) is 2.56. The van der Waals surface area contributed by atoms with Gasteiger partial charge in [0.1, 0.15) is 0 Å². The van der Waals surface area contributed by atoms with Gasteiger partial charge in [-0.25, -0.2) is 0 Å². The van der Waals surface area contributed by atoms with Gasteiger partial charge < -0.3 is 4.31 Å². The van der Waals surface area contributed by atoms with Crippen molar-refractivity contribution in [1.29, 1.82) is 0 Å². The highest BCUT2D eigenvalue weighted by atomic mass is 32.2. The van der Waals surface area contributed by atoms with Crippen LogP contribution in [0.2, 0.25) is 0 Å². The number of carbonyl (C=O) groups is 1. The lowest BCUT2D eigenvalue weighted by atomic mass is 10.2. The third kappa shape index (κ3) is 4.27. The predicted molar refractivity (Wildman–Crippen MR) is 90.0 cm³/mol. The van der Waals surface area contributed by atoms with Crippen LogP contribution in [0, 0.1) is 10.1 Å². The normalized spacial score (nSPS) is 17.2. The number of hydrogen-bond acceptors (Lipinski definition) is 6. The minimum absolute atomic E-state index is 0.213. The fourth-order valence-electron chi connectivity index (χ4n) is 2.08. The molecular formula is C15H18N2O3S2. The van der Waals surface area contributed by atoms with Gasteiger partial charge in [-0.2, -0.15) is 0 Å². The molecule has 0 atom stereocenters. The standard InChI is InChI=1S/C15H18N2O3S2/c1-2-7-13(18)14(17(19)20)15-16(10-6-11-21-15)22-12-8-4-3-5-9-12/h3-5,8-9H,2,6-7,10-11H2,1H3/b15-14+. The number of nitro groups is 1. The molecule has 7 heteroatoms. The minimum Gasteiger partial charge on any atom is -0.301 e. The zero-order chi connectivity index (χ0) is 15.9. The summed E-state index contributed by atoms with van der Waals surface area (Å²) in [5, 5.41) is 11.9. The Kier molecular flexibility index (Phi) is 6.33. The molecule has 0 saturated carbocycles. The van der Waals surface area contributed by atoms with Crippen LogP contribution in [0.5, 0.6) is 0 Å². The Morgan fingerprint density at radius 3 is 2.77 bits per heavy atom. The third-order valence-corrected chi connectivity index (χ3v) is 5.42. The molecule has 0 unspecified atom stereocenters. The summed E-state index contributed by atoms with van der Waals surface area (Å²) in [7, 11) is 0. The predicted octanol–water partition coefficient (Wildman–Crippen LogP) is 3.95. The van der Waals surface area contributed by atoms with Crippen molar-refractivity contribution < 1.29 is 9.72 Å². The molecule has 1 aromatic carbocycles. The maximum absolute atomic E-state index is 12.1. The third-order valence-electron chi connectivity index (χ3n) is 3.06. The molecule has 2 rings (SSSR count). The number of thioether (sulfide) groups is 1. The smallest absolute Gasteiger partial charge is 0.301 e. The van der Waals surface area contributed by atoms with Gasteiger partial charge >= 0.3 is 5.70 Å². The highest BCUT2D eigenvalue weighted by Gasteiger charge is 2.32. The van der Waals surface area contributed by atoms with Gasteiger partial charge in [0.05, 0.1) is 4.92 Å². The van der Waals surface area contributed by atoms with E-state index in [4.69, 9.17) is 0 Å². The van der Waals surface area contributed by atoms with Crippen LogP contribution in [0.4, 0.5) is 0 Å². The van der Waals surface area contributed by atoms with E-state index >= 15 is 0 Å². The number of rotatable bonds is 6. The Balaban J connectivity index is 2.31. The van der Waals surface area contributed by atoms with E-state index in [-0.39, 0.29) is 17.9 Å². The Morgan fingerprint density at radius 1 is 1.41 bits per heavy atom. The molecular weight excluding hydrogens is 320 g/mol. The van der Waals surface area contributed by atoms with Crippen LogP contribution < -0.4 is 0 Å². The summed E-state index contributed by atoms with van der Waals surface area (Å²) >= 11 is 2.86. The summed E-state index contributed by atoms with van der Waals surface area (Å²) in [6, 6.07) is 9.71. The van der Waals surface area contributed by atoms with Crippen LogP contribution in [0.15, 0.2) is 46.0 Å². The number of ketones is 1. The van der Waals surface area contributed by atoms with Gasteiger partial charge in [0.15, 0.2) is 5.03 Å². The fraction of sp³-hybridized carbons (Fsp3) is 0.400. The number of nitrogens with zero attached hydrogens (tertiary/aromatic N) is 2. The number of benzene rings is 1. The van der Waals surface area contributed by atoms with Gasteiger partial charge in [-0.1, -0.05) is 25.1 Å². The number of carbonyl (C=O) groups excluding carboxylic acids is 1. The first-order chi connectivity index (χ1) is 10.6. The molecule has 1 heterocycles. The zero-order valence-electron chi connectivity index (χ0n) is 12.4. The second-order valence-electron chi connectivity index (χ2n) is 4.79. The van der Waals surface area contributed by atoms with Crippen LogP contribution in [0.1, 0.15) is 26.2 Å². The SMILES string of the molecule is CCCC(=O)/C(=C1\SCCCN1Sc1ccccc1)[N+](=O)[O-]. The van der Waals surface area contributed by atoms with E-state index in [1.54, 1.807) is 0 Å². The Hall–Kier alpha value is -1.47. The van der Waals surface area contributed by atoms with Gasteiger partial charge in [0, 0.05) is 23.6 Å². The van der Waals surface area contributed by atoms with Crippen molar-refractivity contribution in [3.8, 4) is 0 Å². The Labute approximate surface area is 138 Å². The maximum Gasteiger partial charge on any atom is 0.342 e. The van der Waals surface area contributed by atoms with E-state index in [2.05, 4.69) is 0 Å². The van der Waals surface area contributed by atoms with E-state index in [9.17, 15) is 14.9 Å². The van der Waals surface area contributed by atoms with E-state index in [1.165, 1.54) is 23.7 Å². The van der Waals surface area contributed by atoms with E-state index in [1.807, 2.05) is 41.6 Å². The molecule has 0 amide bonds. The van der Waals surface area contributed by atoms with Crippen molar-refractivity contribution >= 4 is 29.5 Å². The summed E-state index contributed by atoms with van der Waals surface area (Å²) in [4.78, 5) is 24.0. The highest BCUT2D eigenvalue weighted by molar-refractivity contribution is 8.05. The van der Waals surface area contributed by atoms with Gasteiger partial charge in [-0.05, 0) is 36.9 Å². The lowest BCUT2D eigenvalue weighted by Crippen LogP contribution is -2.26. The van der Waals surface area contributed by atoms with Crippen molar-refractivity contribution in [1.82, 2.24) is 4.31 Å². The molecule has 0 bridgehead atoms. The monoisotopic (exact) mass is 338 g/mol. The van der Waals surface area contributed by atoms with Gasteiger partial charge in [0.25, 0.3) is 0 Å². The van der Waals surface area contributed by atoms with Crippen molar-refractivity contribution in [2.75, 3.05) is 12.3 Å². The second-order valence-corrected chi connectivity index (χ2v) is 6.97. The number of Topliss-reactive ketones (excluding diaryl/α,β-unsaturated/α-hetero) is 1. The molecule has 0 N–H and O–H groups in total. The van der Waals surface area contributed by atoms with E-state index in [0.717, 1.165) is 17.1 Å². The largest absolute Gasteiger partial charge is 0.342 e. The molecule has 0 spiro atoms. The molecule has 1 saturated heterocycles.